The standard InChI is InChI=1S/C7H13N/c1-7-5-6(7)3-2-4-8-7/h6,8H,2-5H2,1H3. The largest absolute Gasteiger partial charge is 0.311 e. The van der Waals surface area contributed by atoms with Crippen LogP contribution in [0.25, 0.3) is 0 Å². The van der Waals surface area contributed by atoms with Crippen molar-refractivity contribution in [1.29, 1.82) is 0 Å². The van der Waals surface area contributed by atoms with E-state index < -0.39 is 0 Å². The van der Waals surface area contributed by atoms with Gasteiger partial charge in [0.25, 0.3) is 0 Å². The van der Waals surface area contributed by atoms with E-state index in [0.717, 1.165) is 5.92 Å². The molecule has 8 heavy (non-hydrogen) atoms. The van der Waals surface area contributed by atoms with Gasteiger partial charge in [0.2, 0.25) is 0 Å². The van der Waals surface area contributed by atoms with Crippen molar-refractivity contribution in [3.05, 3.63) is 0 Å². The first-order chi connectivity index (χ1) is 3.81. The van der Waals surface area contributed by atoms with E-state index in [-0.39, 0.29) is 0 Å². The lowest BCUT2D eigenvalue weighted by molar-refractivity contribution is 0.410. The monoisotopic (exact) mass is 111 g/mol. The molecule has 46 valence electrons. The third-order valence-electron chi connectivity index (χ3n) is 2.67. The summed E-state index contributed by atoms with van der Waals surface area (Å²) >= 11 is 0. The Balaban J connectivity index is 2.04. The van der Waals surface area contributed by atoms with Crippen LogP contribution in [-0.2, 0) is 0 Å². The highest BCUT2D eigenvalue weighted by Crippen LogP contribution is 2.48. The fourth-order valence-electron chi connectivity index (χ4n) is 1.81. The molecule has 0 aromatic rings. The first kappa shape index (κ1) is 4.80. The van der Waals surface area contributed by atoms with Crippen molar-refractivity contribution in [2.24, 2.45) is 5.92 Å². The normalized spacial score (nSPS) is 52.9. The van der Waals surface area contributed by atoms with Crippen molar-refractivity contribution >= 4 is 0 Å². The Morgan fingerprint density at radius 1 is 1.62 bits per heavy atom. The third kappa shape index (κ3) is 0.510. The highest BCUT2D eigenvalue weighted by molar-refractivity contribution is 5.08. The lowest BCUT2D eigenvalue weighted by Crippen LogP contribution is -2.34. The summed E-state index contributed by atoms with van der Waals surface area (Å²) in [5.74, 6) is 1.04. The van der Waals surface area contributed by atoms with Crippen LogP contribution in [0.4, 0.5) is 0 Å². The maximum absolute atomic E-state index is 3.53. The molecule has 2 fully saturated rings. The Morgan fingerprint density at radius 2 is 2.50 bits per heavy atom. The molecule has 1 N–H and O–H groups in total. The summed E-state index contributed by atoms with van der Waals surface area (Å²) in [6.45, 7) is 3.60. The molecule has 1 heterocycles. The van der Waals surface area contributed by atoms with E-state index in [0.29, 0.717) is 5.54 Å². The topological polar surface area (TPSA) is 12.0 Å². The second kappa shape index (κ2) is 1.27. The van der Waals surface area contributed by atoms with Crippen LogP contribution in [0.1, 0.15) is 26.2 Å². The Labute approximate surface area is 50.5 Å². The van der Waals surface area contributed by atoms with Gasteiger partial charge in [0.05, 0.1) is 0 Å². The zero-order valence-electron chi connectivity index (χ0n) is 5.41. The molecule has 1 aliphatic carbocycles. The first-order valence-corrected chi connectivity index (χ1v) is 3.56. The Hall–Kier alpha value is -0.0400. The molecule has 0 amide bonds. The van der Waals surface area contributed by atoms with Gasteiger partial charge < -0.3 is 5.32 Å². The predicted octanol–water partition coefficient (Wildman–Crippen LogP) is 1.15. The average molecular weight is 111 g/mol. The number of fused-ring (bicyclic) bond motifs is 1. The third-order valence-corrected chi connectivity index (χ3v) is 2.67. The van der Waals surface area contributed by atoms with Crippen molar-refractivity contribution in [2.45, 2.75) is 31.7 Å². The quantitative estimate of drug-likeness (QED) is 0.494. The predicted molar refractivity (Wildman–Crippen MR) is 33.7 cm³/mol. The Kier molecular flexibility index (Phi) is 0.762. The summed E-state index contributed by atoms with van der Waals surface area (Å²) in [5, 5.41) is 3.53. The molecule has 0 spiro atoms. The Morgan fingerprint density at radius 3 is 3.00 bits per heavy atom. The van der Waals surface area contributed by atoms with E-state index in [4.69, 9.17) is 0 Å². The molecule has 2 rings (SSSR count). The fraction of sp³-hybridized carbons (Fsp3) is 1.00. The molecule has 1 saturated carbocycles. The molecule has 2 unspecified atom stereocenters. The number of piperidine rings is 1. The van der Waals surface area contributed by atoms with Crippen LogP contribution < -0.4 is 5.32 Å². The van der Waals surface area contributed by atoms with E-state index in [1.165, 1.54) is 25.8 Å². The summed E-state index contributed by atoms with van der Waals surface area (Å²) in [6, 6.07) is 0. The van der Waals surface area contributed by atoms with Crippen LogP contribution in [0, 0.1) is 5.92 Å². The van der Waals surface area contributed by atoms with Crippen LogP contribution in [0.5, 0.6) is 0 Å². The van der Waals surface area contributed by atoms with E-state index >= 15 is 0 Å². The van der Waals surface area contributed by atoms with Gasteiger partial charge in [0.15, 0.2) is 0 Å². The minimum absolute atomic E-state index is 0.595. The molecule has 2 atom stereocenters. The first-order valence-electron chi connectivity index (χ1n) is 3.56. The molecule has 0 aromatic carbocycles. The lowest BCUT2D eigenvalue weighted by Gasteiger charge is -2.18. The zero-order chi connectivity index (χ0) is 5.61. The van der Waals surface area contributed by atoms with Gasteiger partial charge >= 0.3 is 0 Å². The number of hydrogen-bond donors (Lipinski definition) is 1. The molecular weight excluding hydrogens is 98.1 g/mol. The van der Waals surface area contributed by atoms with Gasteiger partial charge in [-0.2, -0.15) is 0 Å². The van der Waals surface area contributed by atoms with Gasteiger partial charge in [0, 0.05) is 5.54 Å². The van der Waals surface area contributed by atoms with Gasteiger partial charge in [-0.3, -0.25) is 0 Å². The van der Waals surface area contributed by atoms with E-state index in [9.17, 15) is 0 Å². The molecule has 0 bridgehead atoms. The molecule has 1 nitrogen and oxygen atoms in total. The second-order valence-electron chi connectivity index (χ2n) is 3.39. The molecule has 0 aromatic heterocycles. The SMILES string of the molecule is CC12CC1CCCN2. The van der Waals surface area contributed by atoms with Crippen LogP contribution in [-0.4, -0.2) is 12.1 Å². The van der Waals surface area contributed by atoms with Crippen molar-refractivity contribution in [1.82, 2.24) is 5.32 Å². The summed E-state index contributed by atoms with van der Waals surface area (Å²) in [7, 11) is 0. The van der Waals surface area contributed by atoms with Gasteiger partial charge in [-0.15, -0.1) is 0 Å². The molecule has 1 heteroatoms. The second-order valence-corrected chi connectivity index (χ2v) is 3.39. The molecule has 2 aliphatic rings. The van der Waals surface area contributed by atoms with Gasteiger partial charge in [-0.1, -0.05) is 0 Å². The molecule has 1 aliphatic heterocycles. The van der Waals surface area contributed by atoms with E-state index in [1.807, 2.05) is 0 Å². The smallest absolute Gasteiger partial charge is 0.0185 e. The maximum Gasteiger partial charge on any atom is 0.0185 e. The summed E-state index contributed by atoms with van der Waals surface area (Å²) in [6.07, 6.45) is 4.32. The summed E-state index contributed by atoms with van der Waals surface area (Å²) in [5.41, 5.74) is 0.595. The van der Waals surface area contributed by atoms with Crippen LogP contribution in [0.2, 0.25) is 0 Å². The van der Waals surface area contributed by atoms with Crippen LogP contribution in [0.15, 0.2) is 0 Å². The number of rotatable bonds is 0. The average Bonchev–Trinajstić information content (AvgIpc) is 2.39. The van der Waals surface area contributed by atoms with Gasteiger partial charge in [-0.05, 0) is 38.6 Å². The molecule has 1 saturated heterocycles. The summed E-state index contributed by atoms with van der Waals surface area (Å²) in [4.78, 5) is 0. The van der Waals surface area contributed by atoms with Crippen molar-refractivity contribution in [3.63, 3.8) is 0 Å². The van der Waals surface area contributed by atoms with Crippen molar-refractivity contribution in [3.8, 4) is 0 Å². The molecule has 0 radical (unpaired) electrons. The minimum Gasteiger partial charge on any atom is -0.311 e. The fourth-order valence-corrected chi connectivity index (χ4v) is 1.81. The minimum atomic E-state index is 0.595. The van der Waals surface area contributed by atoms with Crippen LogP contribution >= 0.6 is 0 Å². The summed E-state index contributed by atoms with van der Waals surface area (Å²) < 4.78 is 0. The highest BCUT2D eigenvalue weighted by Gasteiger charge is 2.50. The Bertz CT molecular complexity index is 109. The van der Waals surface area contributed by atoms with Gasteiger partial charge in [-0.25, -0.2) is 0 Å². The number of nitrogens with one attached hydrogen (secondary N) is 1. The van der Waals surface area contributed by atoms with Gasteiger partial charge in [0.1, 0.15) is 0 Å². The van der Waals surface area contributed by atoms with Crippen LogP contribution in [0.3, 0.4) is 0 Å². The zero-order valence-corrected chi connectivity index (χ0v) is 5.41. The lowest BCUT2D eigenvalue weighted by atomic mass is 10.1. The molecular formula is C7H13N. The number of hydrogen-bond acceptors (Lipinski definition) is 1. The van der Waals surface area contributed by atoms with Crippen molar-refractivity contribution < 1.29 is 0 Å². The highest BCUT2D eigenvalue weighted by atomic mass is 15.0. The van der Waals surface area contributed by atoms with E-state index in [1.54, 1.807) is 0 Å². The van der Waals surface area contributed by atoms with E-state index in [2.05, 4.69) is 12.2 Å². The van der Waals surface area contributed by atoms with Crippen molar-refractivity contribution in [2.75, 3.05) is 6.54 Å². The maximum atomic E-state index is 3.53.